The second kappa shape index (κ2) is 6.34. The highest BCUT2D eigenvalue weighted by molar-refractivity contribution is 5.30. The Labute approximate surface area is 110 Å². The Balaban J connectivity index is 2.78. The summed E-state index contributed by atoms with van der Waals surface area (Å²) in [7, 11) is 3.77. The second-order valence-electron chi connectivity index (χ2n) is 4.84. The average molecular weight is 278 g/mol. The summed E-state index contributed by atoms with van der Waals surface area (Å²) in [6.45, 7) is 2.66. The van der Waals surface area contributed by atoms with Gasteiger partial charge in [-0.25, -0.2) is 4.39 Å². The van der Waals surface area contributed by atoms with Gasteiger partial charge in [0, 0.05) is 19.1 Å². The summed E-state index contributed by atoms with van der Waals surface area (Å²) in [5.74, 6) is -0.877. The van der Waals surface area contributed by atoms with Gasteiger partial charge < -0.3 is 10.2 Å². The van der Waals surface area contributed by atoms with E-state index < -0.39 is 17.6 Å². The summed E-state index contributed by atoms with van der Waals surface area (Å²) in [6, 6.07) is 2.80. The van der Waals surface area contributed by atoms with Gasteiger partial charge in [0.15, 0.2) is 0 Å². The van der Waals surface area contributed by atoms with E-state index in [0.717, 1.165) is 6.07 Å². The molecule has 0 aliphatic carbocycles. The summed E-state index contributed by atoms with van der Waals surface area (Å²) in [5, 5.41) is 3.00. The van der Waals surface area contributed by atoms with Crippen LogP contribution in [0.15, 0.2) is 18.2 Å². The van der Waals surface area contributed by atoms with Gasteiger partial charge >= 0.3 is 6.18 Å². The van der Waals surface area contributed by atoms with Crippen LogP contribution in [-0.4, -0.2) is 31.6 Å². The van der Waals surface area contributed by atoms with Crippen molar-refractivity contribution >= 4 is 0 Å². The molecule has 0 fully saturated rings. The van der Waals surface area contributed by atoms with E-state index in [1.165, 1.54) is 6.07 Å². The highest BCUT2D eigenvalue weighted by atomic mass is 19.4. The van der Waals surface area contributed by atoms with Crippen LogP contribution in [0.3, 0.4) is 0 Å². The van der Waals surface area contributed by atoms with Crippen LogP contribution in [0.5, 0.6) is 0 Å². The number of halogens is 4. The zero-order valence-corrected chi connectivity index (χ0v) is 11.2. The first-order valence-corrected chi connectivity index (χ1v) is 5.94. The van der Waals surface area contributed by atoms with Gasteiger partial charge in [-0.15, -0.1) is 0 Å². The zero-order chi connectivity index (χ0) is 14.6. The second-order valence-corrected chi connectivity index (χ2v) is 4.84. The number of rotatable bonds is 5. The Morgan fingerprint density at radius 1 is 1.26 bits per heavy atom. The molecule has 0 saturated heterocycles. The minimum atomic E-state index is -4.54. The van der Waals surface area contributed by atoms with Gasteiger partial charge in [-0.05, 0) is 38.7 Å². The lowest BCUT2D eigenvalue weighted by Crippen LogP contribution is -2.35. The predicted octanol–water partition coefficient (Wildman–Crippen LogP) is 2.88. The van der Waals surface area contributed by atoms with Crippen molar-refractivity contribution in [3.8, 4) is 0 Å². The normalized spacial score (nSPS) is 13.9. The molecule has 1 rings (SSSR count). The molecule has 0 aromatic heterocycles. The van der Waals surface area contributed by atoms with E-state index in [2.05, 4.69) is 5.32 Å². The largest absolute Gasteiger partial charge is 0.416 e. The monoisotopic (exact) mass is 278 g/mol. The number of likely N-dealkylation sites (N-methyl/N-ethyl adjacent to an activating group) is 1. The number of alkyl halides is 3. The summed E-state index contributed by atoms with van der Waals surface area (Å²) in [6.07, 6.45) is -4.54. The number of benzene rings is 1. The summed E-state index contributed by atoms with van der Waals surface area (Å²) in [5.41, 5.74) is -0.864. The summed E-state index contributed by atoms with van der Waals surface area (Å²) < 4.78 is 51.2. The summed E-state index contributed by atoms with van der Waals surface area (Å²) in [4.78, 5) is 1.94. The van der Waals surface area contributed by atoms with Crippen LogP contribution in [0, 0.1) is 5.82 Å². The molecule has 0 saturated carbocycles. The van der Waals surface area contributed by atoms with Crippen molar-refractivity contribution in [2.75, 3.05) is 20.6 Å². The molecule has 1 aromatic carbocycles. The molecular weight excluding hydrogens is 260 g/mol. The molecule has 6 heteroatoms. The molecule has 19 heavy (non-hydrogen) atoms. The fraction of sp³-hybridized carbons (Fsp3) is 0.538. The van der Waals surface area contributed by atoms with E-state index in [-0.39, 0.29) is 18.2 Å². The van der Waals surface area contributed by atoms with Gasteiger partial charge in [-0.1, -0.05) is 6.07 Å². The average Bonchev–Trinajstić information content (AvgIpc) is 2.25. The lowest BCUT2D eigenvalue weighted by molar-refractivity contribution is -0.138. The Morgan fingerprint density at radius 2 is 1.89 bits per heavy atom. The minimum Gasteiger partial charge on any atom is -0.309 e. The first-order valence-electron chi connectivity index (χ1n) is 5.94. The van der Waals surface area contributed by atoms with Crippen molar-refractivity contribution in [1.29, 1.82) is 0 Å². The molecule has 0 amide bonds. The SMILES string of the molecule is CC(CN(C)C)NCc1ccc(F)cc1C(F)(F)F. The molecule has 1 aromatic rings. The van der Waals surface area contributed by atoms with E-state index in [0.29, 0.717) is 12.6 Å². The third-order valence-corrected chi connectivity index (χ3v) is 2.66. The van der Waals surface area contributed by atoms with E-state index in [1.54, 1.807) is 0 Å². The molecule has 0 bridgehead atoms. The lowest BCUT2D eigenvalue weighted by atomic mass is 10.1. The Morgan fingerprint density at radius 3 is 2.42 bits per heavy atom. The summed E-state index contributed by atoms with van der Waals surface area (Å²) >= 11 is 0. The molecule has 0 aliphatic heterocycles. The van der Waals surface area contributed by atoms with Crippen molar-refractivity contribution in [2.45, 2.75) is 25.7 Å². The fourth-order valence-corrected chi connectivity index (χ4v) is 1.86. The number of hydrogen-bond donors (Lipinski definition) is 1. The maximum atomic E-state index is 12.9. The van der Waals surface area contributed by atoms with Crippen LogP contribution in [0.4, 0.5) is 17.6 Å². The highest BCUT2D eigenvalue weighted by Crippen LogP contribution is 2.32. The Bertz CT molecular complexity index is 416. The van der Waals surface area contributed by atoms with Crippen LogP contribution in [0.1, 0.15) is 18.1 Å². The van der Waals surface area contributed by atoms with Crippen LogP contribution < -0.4 is 5.32 Å². The molecule has 0 radical (unpaired) electrons. The van der Waals surface area contributed by atoms with Gasteiger partial charge in [0.25, 0.3) is 0 Å². The smallest absolute Gasteiger partial charge is 0.309 e. The third kappa shape index (κ3) is 5.16. The molecule has 1 atom stereocenters. The van der Waals surface area contributed by atoms with Crippen molar-refractivity contribution in [2.24, 2.45) is 0 Å². The highest BCUT2D eigenvalue weighted by Gasteiger charge is 2.33. The van der Waals surface area contributed by atoms with Gasteiger partial charge in [0.05, 0.1) is 5.56 Å². The topological polar surface area (TPSA) is 15.3 Å². The molecular formula is C13H18F4N2. The van der Waals surface area contributed by atoms with Crippen molar-refractivity contribution in [3.05, 3.63) is 35.1 Å². The number of hydrogen-bond acceptors (Lipinski definition) is 2. The van der Waals surface area contributed by atoms with E-state index in [1.807, 2.05) is 25.9 Å². The molecule has 0 spiro atoms. The molecule has 0 heterocycles. The fourth-order valence-electron chi connectivity index (χ4n) is 1.86. The van der Waals surface area contributed by atoms with Crippen LogP contribution in [0.25, 0.3) is 0 Å². The molecule has 108 valence electrons. The first-order chi connectivity index (χ1) is 8.70. The molecule has 0 aliphatic rings. The standard InChI is InChI=1S/C13H18F4N2/c1-9(8-19(2)3)18-7-10-4-5-11(14)6-12(10)13(15,16)17/h4-6,9,18H,7-8H2,1-3H3. The molecule has 1 unspecified atom stereocenters. The van der Waals surface area contributed by atoms with Crippen LogP contribution in [-0.2, 0) is 12.7 Å². The molecule has 1 N–H and O–H groups in total. The molecule has 2 nitrogen and oxygen atoms in total. The first kappa shape index (κ1) is 15.9. The maximum absolute atomic E-state index is 12.9. The van der Waals surface area contributed by atoms with Gasteiger partial charge in [0.1, 0.15) is 5.82 Å². The zero-order valence-electron chi connectivity index (χ0n) is 11.2. The van der Waals surface area contributed by atoms with Crippen molar-refractivity contribution < 1.29 is 17.6 Å². The van der Waals surface area contributed by atoms with Crippen molar-refractivity contribution in [3.63, 3.8) is 0 Å². The third-order valence-electron chi connectivity index (χ3n) is 2.66. The maximum Gasteiger partial charge on any atom is 0.416 e. The minimum absolute atomic E-state index is 0.0427. The van der Waals surface area contributed by atoms with Gasteiger partial charge in [-0.3, -0.25) is 0 Å². The van der Waals surface area contributed by atoms with Gasteiger partial charge in [0.2, 0.25) is 0 Å². The Kier molecular flexibility index (Phi) is 5.31. The van der Waals surface area contributed by atoms with E-state index in [4.69, 9.17) is 0 Å². The Hall–Kier alpha value is -1.14. The van der Waals surface area contributed by atoms with E-state index in [9.17, 15) is 17.6 Å². The number of nitrogens with zero attached hydrogens (tertiary/aromatic N) is 1. The lowest BCUT2D eigenvalue weighted by Gasteiger charge is -2.20. The predicted molar refractivity (Wildman–Crippen MR) is 66.3 cm³/mol. The van der Waals surface area contributed by atoms with Crippen LogP contribution >= 0.6 is 0 Å². The van der Waals surface area contributed by atoms with Crippen LogP contribution in [0.2, 0.25) is 0 Å². The number of nitrogens with one attached hydrogen (secondary N) is 1. The van der Waals surface area contributed by atoms with E-state index >= 15 is 0 Å². The van der Waals surface area contributed by atoms with Crippen molar-refractivity contribution in [1.82, 2.24) is 10.2 Å². The van der Waals surface area contributed by atoms with Gasteiger partial charge in [-0.2, -0.15) is 13.2 Å². The quantitative estimate of drug-likeness (QED) is 0.833.